The Hall–Kier alpha value is -5.20. The van der Waals surface area contributed by atoms with Crippen LogP contribution in [0.15, 0.2) is 35.3 Å². The zero-order valence-corrected chi connectivity index (χ0v) is 23.6. The average molecular weight is 615 g/mol. The fourth-order valence-corrected chi connectivity index (χ4v) is 3.67. The van der Waals surface area contributed by atoms with E-state index in [1.807, 2.05) is 5.43 Å². The minimum atomic E-state index is -1.28. The molecule has 2 aromatic heterocycles. The number of aromatic amines is 1. The highest BCUT2D eigenvalue weighted by Crippen LogP contribution is 2.12. The first-order chi connectivity index (χ1) is 21.2. The number of hydrogen-bond donors (Lipinski definition) is 8. The number of fused-ring (bicyclic) bond motifs is 1. The topological polar surface area (TPSA) is 279 Å². The van der Waals surface area contributed by atoms with Gasteiger partial charge in [0.05, 0.1) is 51.3 Å². The molecule has 44 heavy (non-hydrogen) atoms. The summed E-state index contributed by atoms with van der Waals surface area (Å²) in [4.78, 5) is 74.0. The van der Waals surface area contributed by atoms with Crippen LogP contribution in [0.4, 0.5) is 11.6 Å². The lowest BCUT2D eigenvalue weighted by Gasteiger charge is -2.15. The van der Waals surface area contributed by atoms with Crippen LogP contribution >= 0.6 is 0 Å². The number of ether oxygens (including phenoxy) is 2. The monoisotopic (exact) mass is 614 g/mol. The lowest BCUT2D eigenvalue weighted by atomic mass is 10.1. The summed E-state index contributed by atoms with van der Waals surface area (Å²) in [6.45, 7) is 1.37. The third kappa shape index (κ3) is 10.9. The molecule has 0 aliphatic rings. The maximum absolute atomic E-state index is 12.6. The highest BCUT2D eigenvalue weighted by Gasteiger charge is 2.21. The molecule has 3 rings (SSSR count). The first-order valence-electron chi connectivity index (χ1n) is 13.5. The molecular formula is C26H34N10O8. The molecule has 0 saturated carbocycles. The van der Waals surface area contributed by atoms with Gasteiger partial charge in [-0.1, -0.05) is 0 Å². The third-order valence-corrected chi connectivity index (χ3v) is 5.95. The Morgan fingerprint density at radius 3 is 2.41 bits per heavy atom. The molecule has 18 heteroatoms. The molecule has 236 valence electrons. The molecule has 0 radical (unpaired) electrons. The number of nitrogens with zero attached hydrogens (tertiary/aromatic N) is 3. The van der Waals surface area contributed by atoms with Crippen molar-refractivity contribution in [1.82, 2.24) is 36.0 Å². The van der Waals surface area contributed by atoms with Crippen molar-refractivity contribution in [3.05, 3.63) is 52.1 Å². The van der Waals surface area contributed by atoms with Crippen LogP contribution in [0.2, 0.25) is 0 Å². The van der Waals surface area contributed by atoms with Gasteiger partial charge in [0.25, 0.3) is 11.5 Å². The summed E-state index contributed by atoms with van der Waals surface area (Å²) >= 11 is 0. The Bertz CT molecular complexity index is 1500. The molecule has 18 nitrogen and oxygen atoms in total. The van der Waals surface area contributed by atoms with E-state index < -0.39 is 29.4 Å². The Kier molecular flexibility index (Phi) is 12.9. The molecule has 0 aliphatic heterocycles. The molecule has 0 spiro atoms. The first kappa shape index (κ1) is 33.3. The molecule has 3 aromatic rings. The van der Waals surface area contributed by atoms with Gasteiger partial charge in [-0.15, -0.1) is 0 Å². The molecule has 0 fully saturated rings. The van der Waals surface area contributed by atoms with E-state index in [1.165, 1.54) is 18.3 Å². The summed E-state index contributed by atoms with van der Waals surface area (Å²) in [7, 11) is 0. The second kappa shape index (κ2) is 17.0. The Balaban J connectivity index is 1.37. The van der Waals surface area contributed by atoms with E-state index in [0.717, 1.165) is 0 Å². The average Bonchev–Trinajstić information content (AvgIpc) is 3.01. The summed E-state index contributed by atoms with van der Waals surface area (Å²) in [6.07, 6.45) is 1.35. The highest BCUT2D eigenvalue weighted by atomic mass is 16.5. The van der Waals surface area contributed by atoms with Crippen LogP contribution in [0, 0.1) is 0 Å². The molecule has 1 atom stereocenters. The third-order valence-electron chi connectivity index (χ3n) is 5.95. The number of anilines is 2. The number of carboxylic acid groups (broad SMARTS) is 1. The van der Waals surface area contributed by atoms with Crippen LogP contribution in [0.25, 0.3) is 11.2 Å². The summed E-state index contributed by atoms with van der Waals surface area (Å²) in [6, 6.07) is 4.98. The minimum Gasteiger partial charge on any atom is -0.480 e. The van der Waals surface area contributed by atoms with Crippen molar-refractivity contribution in [1.29, 1.82) is 0 Å². The summed E-state index contributed by atoms with van der Waals surface area (Å²) < 4.78 is 10.5. The van der Waals surface area contributed by atoms with Crippen LogP contribution in [0.1, 0.15) is 35.3 Å². The van der Waals surface area contributed by atoms with Crippen molar-refractivity contribution in [3.8, 4) is 0 Å². The maximum Gasteiger partial charge on any atom is 0.326 e. The van der Waals surface area contributed by atoms with Crippen molar-refractivity contribution in [2.75, 3.05) is 44.0 Å². The molecule has 1 aromatic carbocycles. The van der Waals surface area contributed by atoms with Gasteiger partial charge < -0.3 is 36.3 Å². The number of nitrogens with two attached hydrogens (primary N) is 2. The molecule has 0 saturated heterocycles. The van der Waals surface area contributed by atoms with E-state index in [0.29, 0.717) is 11.4 Å². The van der Waals surface area contributed by atoms with E-state index in [4.69, 9.17) is 21.1 Å². The lowest BCUT2D eigenvalue weighted by molar-refractivity contribution is -0.139. The van der Waals surface area contributed by atoms with Crippen LogP contribution in [-0.2, 0) is 30.4 Å². The van der Waals surface area contributed by atoms with E-state index in [1.54, 1.807) is 12.1 Å². The van der Waals surface area contributed by atoms with Crippen LogP contribution in [0.5, 0.6) is 0 Å². The van der Waals surface area contributed by atoms with Gasteiger partial charge in [-0.25, -0.2) is 20.6 Å². The Labute approximate surface area is 250 Å². The van der Waals surface area contributed by atoms with Crippen molar-refractivity contribution >= 4 is 46.5 Å². The van der Waals surface area contributed by atoms with Crippen molar-refractivity contribution in [2.24, 2.45) is 5.84 Å². The van der Waals surface area contributed by atoms with E-state index in [-0.39, 0.29) is 87.4 Å². The molecule has 0 aliphatic carbocycles. The van der Waals surface area contributed by atoms with E-state index in [2.05, 4.69) is 35.9 Å². The number of hydrazine groups is 1. The van der Waals surface area contributed by atoms with Gasteiger partial charge >= 0.3 is 5.97 Å². The van der Waals surface area contributed by atoms with Gasteiger partial charge in [0, 0.05) is 24.2 Å². The van der Waals surface area contributed by atoms with Crippen molar-refractivity contribution in [2.45, 2.75) is 31.8 Å². The molecular weight excluding hydrogens is 580 g/mol. The van der Waals surface area contributed by atoms with Crippen molar-refractivity contribution in [3.63, 3.8) is 0 Å². The number of benzene rings is 1. The number of H-pyrrole nitrogens is 1. The van der Waals surface area contributed by atoms with Gasteiger partial charge in [0.1, 0.15) is 6.04 Å². The predicted octanol–water partition coefficient (Wildman–Crippen LogP) is -1.60. The molecule has 0 bridgehead atoms. The van der Waals surface area contributed by atoms with Gasteiger partial charge in [0.2, 0.25) is 17.8 Å². The zero-order chi connectivity index (χ0) is 31.9. The number of hydrogen-bond acceptors (Lipinski definition) is 13. The van der Waals surface area contributed by atoms with Gasteiger partial charge in [-0.2, -0.15) is 4.98 Å². The smallest absolute Gasteiger partial charge is 0.326 e. The van der Waals surface area contributed by atoms with E-state index >= 15 is 0 Å². The molecule has 1 unspecified atom stereocenters. The zero-order valence-electron chi connectivity index (χ0n) is 23.6. The number of carboxylic acids is 1. The number of nitrogen functional groups attached to an aromatic ring is 1. The number of carbonyl (C=O) groups is 4. The maximum atomic E-state index is 12.6. The van der Waals surface area contributed by atoms with Crippen LogP contribution < -0.4 is 38.5 Å². The quantitative estimate of drug-likeness (QED) is 0.0347. The molecule has 10 N–H and O–H groups in total. The number of rotatable bonds is 18. The second-order valence-electron chi connectivity index (χ2n) is 9.21. The molecule has 2 heterocycles. The number of nitrogens with one attached hydrogen (secondary N) is 5. The second-order valence-corrected chi connectivity index (χ2v) is 9.21. The minimum absolute atomic E-state index is 0.0518. The first-order valence-corrected chi connectivity index (χ1v) is 13.5. The van der Waals surface area contributed by atoms with Gasteiger partial charge in [-0.3, -0.25) is 29.6 Å². The van der Waals surface area contributed by atoms with Crippen molar-refractivity contribution < 1.29 is 33.8 Å². The van der Waals surface area contributed by atoms with E-state index in [9.17, 15) is 29.1 Å². The largest absolute Gasteiger partial charge is 0.480 e. The number of aromatic nitrogens is 4. The highest BCUT2D eigenvalue weighted by molar-refractivity contribution is 5.97. The number of aliphatic carboxylic acids is 1. The summed E-state index contributed by atoms with van der Waals surface area (Å²) in [5, 5.41) is 17.7. The SMILES string of the molecule is NNC(=O)CCOCCOCCNC(=O)CCC(NC(=O)c1ccc(NCc2cnc3nc(N)[nH]c(=O)c3n2)cc1)C(=O)O. The standard InChI is InChI=1S/C26H34N10O8/c27-26-34-22-21(24(40)35-26)32-17(14-31-22)13-30-16-3-1-15(2-4-16)23(39)33-18(25(41)42)5-6-19(37)29-8-10-44-12-11-43-9-7-20(38)36-28/h1-4,14,18,30H,5-13,28H2,(H,29,37)(H,33,39)(H,36,38)(H,41,42)(H3,27,31,34,35,40). The summed E-state index contributed by atoms with van der Waals surface area (Å²) in [5.41, 5.74) is 8.49. The lowest BCUT2D eigenvalue weighted by Crippen LogP contribution is -2.41. The summed E-state index contributed by atoms with van der Waals surface area (Å²) in [5.74, 6) is 2.28. The fraction of sp³-hybridized carbons (Fsp3) is 0.385. The van der Waals surface area contributed by atoms with Gasteiger partial charge in [-0.05, 0) is 30.7 Å². The van der Waals surface area contributed by atoms with Gasteiger partial charge in [0.15, 0.2) is 11.2 Å². The normalized spacial score (nSPS) is 11.5. The van der Waals surface area contributed by atoms with Crippen LogP contribution in [0.3, 0.4) is 0 Å². The fourth-order valence-electron chi connectivity index (χ4n) is 3.67. The van der Waals surface area contributed by atoms with Crippen LogP contribution in [-0.4, -0.2) is 87.7 Å². The predicted molar refractivity (Wildman–Crippen MR) is 156 cm³/mol. The Morgan fingerprint density at radius 1 is 0.977 bits per heavy atom. The Morgan fingerprint density at radius 2 is 1.70 bits per heavy atom. The number of amides is 3. The number of carbonyl (C=O) groups excluding carboxylic acids is 3. The molecule has 3 amide bonds.